The largest absolute Gasteiger partial charge is 0.493 e. The van der Waals surface area contributed by atoms with Crippen molar-refractivity contribution in [2.45, 2.75) is 30.6 Å². The van der Waals surface area contributed by atoms with Crippen molar-refractivity contribution >= 4 is 15.9 Å². The zero-order valence-electron chi connectivity index (χ0n) is 17.4. The van der Waals surface area contributed by atoms with Crippen LogP contribution in [-0.4, -0.2) is 52.5 Å². The molecule has 0 aliphatic carbocycles. The number of rotatable bonds is 9. The van der Waals surface area contributed by atoms with E-state index in [9.17, 15) is 13.2 Å². The van der Waals surface area contributed by atoms with E-state index in [2.05, 4.69) is 5.32 Å². The average Bonchev–Trinajstić information content (AvgIpc) is 3.30. The molecule has 0 unspecified atom stereocenters. The van der Waals surface area contributed by atoms with Crippen LogP contribution in [0.5, 0.6) is 11.5 Å². The summed E-state index contributed by atoms with van der Waals surface area (Å²) in [5, 5.41) is 2.90. The van der Waals surface area contributed by atoms with E-state index in [1.165, 1.54) is 4.31 Å². The Balaban J connectivity index is 1.50. The molecule has 2 aromatic carbocycles. The van der Waals surface area contributed by atoms with Crippen molar-refractivity contribution in [1.29, 1.82) is 0 Å². The van der Waals surface area contributed by atoms with Gasteiger partial charge in [-0.25, -0.2) is 8.42 Å². The van der Waals surface area contributed by atoms with Gasteiger partial charge in [-0.05, 0) is 54.7 Å². The quantitative estimate of drug-likeness (QED) is 0.658. The maximum atomic E-state index is 12.6. The first kappa shape index (κ1) is 22.1. The van der Waals surface area contributed by atoms with Gasteiger partial charge in [0.2, 0.25) is 15.9 Å². The molecular formula is C22H28N2O5S. The third kappa shape index (κ3) is 5.31. The molecule has 0 aromatic heterocycles. The van der Waals surface area contributed by atoms with E-state index in [1.807, 2.05) is 18.2 Å². The summed E-state index contributed by atoms with van der Waals surface area (Å²) in [6.07, 6.45) is 2.70. The Labute approximate surface area is 178 Å². The highest BCUT2D eigenvalue weighted by atomic mass is 32.2. The maximum absolute atomic E-state index is 12.6. The van der Waals surface area contributed by atoms with Crippen molar-refractivity contribution in [2.24, 2.45) is 0 Å². The van der Waals surface area contributed by atoms with Gasteiger partial charge in [-0.15, -0.1) is 0 Å². The number of carbonyl (C=O) groups is 1. The van der Waals surface area contributed by atoms with E-state index in [0.717, 1.165) is 24.0 Å². The predicted molar refractivity (Wildman–Crippen MR) is 114 cm³/mol. The summed E-state index contributed by atoms with van der Waals surface area (Å²) in [5.74, 6) is 1.12. The molecule has 1 fully saturated rings. The molecule has 30 heavy (non-hydrogen) atoms. The third-order valence-electron chi connectivity index (χ3n) is 5.17. The van der Waals surface area contributed by atoms with E-state index in [1.54, 1.807) is 38.5 Å². The zero-order chi connectivity index (χ0) is 21.6. The number of ether oxygens (including phenoxy) is 2. The van der Waals surface area contributed by atoms with Gasteiger partial charge in [0, 0.05) is 19.6 Å². The summed E-state index contributed by atoms with van der Waals surface area (Å²) in [6.45, 7) is 1.66. The lowest BCUT2D eigenvalue weighted by atomic mass is 10.1. The molecule has 0 bridgehead atoms. The van der Waals surface area contributed by atoms with Gasteiger partial charge in [-0.2, -0.15) is 4.31 Å². The van der Waals surface area contributed by atoms with Crippen molar-refractivity contribution in [2.75, 3.05) is 33.9 Å². The van der Waals surface area contributed by atoms with Crippen LogP contribution in [0.2, 0.25) is 0 Å². The van der Waals surface area contributed by atoms with E-state index in [0.29, 0.717) is 42.4 Å². The molecule has 1 heterocycles. The first-order chi connectivity index (χ1) is 14.4. The molecule has 162 valence electrons. The molecule has 8 heteroatoms. The van der Waals surface area contributed by atoms with Crippen LogP contribution in [0.25, 0.3) is 0 Å². The van der Waals surface area contributed by atoms with Crippen LogP contribution < -0.4 is 14.8 Å². The molecule has 1 amide bonds. The molecule has 2 aromatic rings. The second kappa shape index (κ2) is 9.95. The maximum Gasteiger partial charge on any atom is 0.243 e. The summed E-state index contributed by atoms with van der Waals surface area (Å²) in [6, 6.07) is 12.3. The molecule has 0 atom stereocenters. The number of nitrogens with one attached hydrogen (secondary N) is 1. The molecule has 1 aliphatic rings. The molecule has 0 radical (unpaired) electrons. The minimum absolute atomic E-state index is 0.0875. The van der Waals surface area contributed by atoms with E-state index in [-0.39, 0.29) is 12.3 Å². The topological polar surface area (TPSA) is 84.9 Å². The highest BCUT2D eigenvalue weighted by Crippen LogP contribution is 2.27. The van der Waals surface area contributed by atoms with Gasteiger partial charge in [0.1, 0.15) is 0 Å². The monoisotopic (exact) mass is 432 g/mol. The Morgan fingerprint density at radius 3 is 2.23 bits per heavy atom. The van der Waals surface area contributed by atoms with Gasteiger partial charge in [0.15, 0.2) is 11.5 Å². The van der Waals surface area contributed by atoms with Crippen LogP contribution in [0.1, 0.15) is 24.0 Å². The van der Waals surface area contributed by atoms with Gasteiger partial charge in [-0.1, -0.05) is 18.2 Å². The normalized spacial score (nSPS) is 14.5. The first-order valence-electron chi connectivity index (χ1n) is 10.0. The van der Waals surface area contributed by atoms with Crippen LogP contribution in [0.4, 0.5) is 0 Å². The zero-order valence-corrected chi connectivity index (χ0v) is 18.2. The number of benzene rings is 2. The van der Waals surface area contributed by atoms with E-state index in [4.69, 9.17) is 9.47 Å². The lowest BCUT2D eigenvalue weighted by Crippen LogP contribution is -2.28. The minimum atomic E-state index is -3.39. The molecule has 7 nitrogen and oxygen atoms in total. The molecule has 3 rings (SSSR count). The number of methoxy groups -OCH3 is 2. The standard InChI is InChI=1S/C22H28N2O5S/c1-28-20-10-7-18(15-21(20)29-2)16-22(25)23-12-11-17-5-8-19(9-6-17)30(26,27)24-13-3-4-14-24/h5-10,15H,3-4,11-14,16H2,1-2H3,(H,23,25). The summed E-state index contributed by atoms with van der Waals surface area (Å²) >= 11 is 0. The molecule has 1 N–H and O–H groups in total. The number of nitrogens with zero attached hydrogens (tertiary/aromatic N) is 1. The number of amides is 1. The Morgan fingerprint density at radius 2 is 1.60 bits per heavy atom. The van der Waals surface area contributed by atoms with E-state index < -0.39 is 10.0 Å². The fourth-order valence-corrected chi connectivity index (χ4v) is 5.01. The van der Waals surface area contributed by atoms with Crippen molar-refractivity contribution in [3.8, 4) is 11.5 Å². The van der Waals surface area contributed by atoms with Gasteiger partial charge >= 0.3 is 0 Å². The lowest BCUT2D eigenvalue weighted by Gasteiger charge is -2.15. The SMILES string of the molecule is COc1ccc(CC(=O)NCCc2ccc(S(=O)(=O)N3CCCC3)cc2)cc1OC. The van der Waals surface area contributed by atoms with Crippen molar-refractivity contribution < 1.29 is 22.7 Å². The van der Waals surface area contributed by atoms with Gasteiger partial charge in [-0.3, -0.25) is 4.79 Å². The summed E-state index contributed by atoms with van der Waals surface area (Å²) in [7, 11) is -0.263. The van der Waals surface area contributed by atoms with Crippen molar-refractivity contribution in [3.63, 3.8) is 0 Å². The predicted octanol–water partition coefficient (Wildman–Crippen LogP) is 2.39. The Hall–Kier alpha value is -2.58. The summed E-state index contributed by atoms with van der Waals surface area (Å²) in [5.41, 5.74) is 1.81. The number of carbonyl (C=O) groups excluding carboxylic acids is 1. The van der Waals surface area contributed by atoms with Crippen LogP contribution in [0.15, 0.2) is 47.4 Å². The minimum Gasteiger partial charge on any atom is -0.493 e. The molecule has 1 aliphatic heterocycles. The second-order valence-electron chi connectivity index (χ2n) is 7.22. The highest BCUT2D eigenvalue weighted by molar-refractivity contribution is 7.89. The smallest absolute Gasteiger partial charge is 0.243 e. The molecular weight excluding hydrogens is 404 g/mol. The van der Waals surface area contributed by atoms with Crippen LogP contribution in [0, 0.1) is 0 Å². The second-order valence-corrected chi connectivity index (χ2v) is 9.16. The van der Waals surface area contributed by atoms with Crippen LogP contribution >= 0.6 is 0 Å². The lowest BCUT2D eigenvalue weighted by molar-refractivity contribution is -0.120. The molecule has 0 spiro atoms. The summed E-state index contributed by atoms with van der Waals surface area (Å²) in [4.78, 5) is 12.5. The van der Waals surface area contributed by atoms with Gasteiger partial charge in [0.05, 0.1) is 25.5 Å². The Bertz CT molecular complexity index is 968. The fourth-order valence-electron chi connectivity index (χ4n) is 3.49. The number of sulfonamides is 1. The number of hydrogen-bond donors (Lipinski definition) is 1. The summed E-state index contributed by atoms with van der Waals surface area (Å²) < 4.78 is 37.1. The molecule has 1 saturated heterocycles. The van der Waals surface area contributed by atoms with Gasteiger partial charge < -0.3 is 14.8 Å². The fraction of sp³-hybridized carbons (Fsp3) is 0.409. The van der Waals surface area contributed by atoms with Crippen molar-refractivity contribution in [3.05, 3.63) is 53.6 Å². The van der Waals surface area contributed by atoms with Crippen LogP contribution in [-0.2, 0) is 27.7 Å². The Morgan fingerprint density at radius 1 is 0.967 bits per heavy atom. The number of hydrogen-bond acceptors (Lipinski definition) is 5. The first-order valence-corrected chi connectivity index (χ1v) is 11.4. The van der Waals surface area contributed by atoms with Crippen molar-refractivity contribution in [1.82, 2.24) is 9.62 Å². The average molecular weight is 433 g/mol. The molecule has 0 saturated carbocycles. The third-order valence-corrected chi connectivity index (χ3v) is 7.09. The van der Waals surface area contributed by atoms with E-state index >= 15 is 0 Å². The van der Waals surface area contributed by atoms with Crippen LogP contribution in [0.3, 0.4) is 0 Å². The Kier molecular flexibility index (Phi) is 7.33. The van der Waals surface area contributed by atoms with Gasteiger partial charge in [0.25, 0.3) is 0 Å². The highest BCUT2D eigenvalue weighted by Gasteiger charge is 2.26.